The zero-order chi connectivity index (χ0) is 18.1. The highest BCUT2D eigenvalue weighted by Crippen LogP contribution is 2.16. The van der Waals surface area contributed by atoms with Gasteiger partial charge in [-0.2, -0.15) is 0 Å². The largest absolute Gasteiger partial charge is 0.336 e. The van der Waals surface area contributed by atoms with Gasteiger partial charge in [0.1, 0.15) is 0 Å². The van der Waals surface area contributed by atoms with E-state index >= 15 is 0 Å². The van der Waals surface area contributed by atoms with Gasteiger partial charge in [0.15, 0.2) is 0 Å². The van der Waals surface area contributed by atoms with Crippen LogP contribution in [0.4, 0.5) is 0 Å². The van der Waals surface area contributed by atoms with E-state index in [-0.39, 0.29) is 5.91 Å². The van der Waals surface area contributed by atoms with Crippen molar-refractivity contribution in [3.8, 4) is 0 Å². The van der Waals surface area contributed by atoms with E-state index in [9.17, 15) is 4.79 Å². The highest BCUT2D eigenvalue weighted by Gasteiger charge is 2.21. The van der Waals surface area contributed by atoms with Crippen molar-refractivity contribution in [2.24, 2.45) is 0 Å². The van der Waals surface area contributed by atoms with Gasteiger partial charge in [0.2, 0.25) is 0 Å². The molecule has 1 aliphatic heterocycles. The fourth-order valence-corrected chi connectivity index (χ4v) is 3.93. The van der Waals surface area contributed by atoms with Crippen LogP contribution in [0.15, 0.2) is 23.4 Å². The van der Waals surface area contributed by atoms with Crippen LogP contribution in [0, 0.1) is 0 Å². The molecule has 0 aromatic carbocycles. The monoisotopic (exact) mass is 364 g/mol. The normalized spacial score (nSPS) is 15.8. The summed E-state index contributed by atoms with van der Waals surface area (Å²) in [5.41, 5.74) is 0.706. The minimum atomic E-state index is 0.114. The van der Waals surface area contributed by atoms with Crippen LogP contribution in [-0.2, 0) is 0 Å². The number of hydrogen-bond donors (Lipinski definition) is 0. The van der Waals surface area contributed by atoms with Crippen molar-refractivity contribution in [2.45, 2.75) is 32.2 Å². The van der Waals surface area contributed by atoms with Crippen LogP contribution in [0.5, 0.6) is 0 Å². The summed E-state index contributed by atoms with van der Waals surface area (Å²) < 4.78 is 0. The fraction of sp³-hybridized carbons (Fsp3) is 0.684. The summed E-state index contributed by atoms with van der Waals surface area (Å²) in [5.74, 6) is 1.14. The number of aromatic nitrogens is 1. The molecule has 1 aromatic heterocycles. The van der Waals surface area contributed by atoms with Crippen LogP contribution >= 0.6 is 11.8 Å². The minimum Gasteiger partial charge on any atom is -0.336 e. The quantitative estimate of drug-likeness (QED) is 0.630. The number of nitrogens with zero attached hydrogens (tertiary/aromatic N) is 4. The van der Waals surface area contributed by atoms with Crippen molar-refractivity contribution in [1.29, 1.82) is 0 Å². The number of piperazine rings is 1. The van der Waals surface area contributed by atoms with Gasteiger partial charge in [0, 0.05) is 44.7 Å². The molecular weight excluding hydrogens is 332 g/mol. The molecule has 2 rings (SSSR count). The average molecular weight is 365 g/mol. The van der Waals surface area contributed by atoms with E-state index in [2.05, 4.69) is 35.6 Å². The minimum absolute atomic E-state index is 0.114. The van der Waals surface area contributed by atoms with Crippen LogP contribution in [0.1, 0.15) is 37.6 Å². The van der Waals surface area contributed by atoms with Crippen LogP contribution in [0.2, 0.25) is 0 Å². The Morgan fingerprint density at radius 1 is 1.16 bits per heavy atom. The second-order valence-electron chi connectivity index (χ2n) is 6.39. The summed E-state index contributed by atoms with van der Waals surface area (Å²) >= 11 is 1.76. The molecule has 0 N–H and O–H groups in total. The summed E-state index contributed by atoms with van der Waals surface area (Å²) in [6.45, 7) is 14.5. The van der Waals surface area contributed by atoms with Crippen molar-refractivity contribution in [3.05, 3.63) is 23.9 Å². The maximum Gasteiger partial charge on any atom is 0.255 e. The number of carbonyl (C=O) groups is 1. The Morgan fingerprint density at radius 3 is 2.44 bits per heavy atom. The molecule has 6 heteroatoms. The number of hydrogen-bond acceptors (Lipinski definition) is 5. The first-order chi connectivity index (χ1) is 12.2. The van der Waals surface area contributed by atoms with Crippen molar-refractivity contribution >= 4 is 17.7 Å². The van der Waals surface area contributed by atoms with Crippen molar-refractivity contribution in [1.82, 2.24) is 19.7 Å². The molecule has 0 bridgehead atoms. The summed E-state index contributed by atoms with van der Waals surface area (Å²) in [6.07, 6.45) is 2.91. The smallest absolute Gasteiger partial charge is 0.255 e. The Bertz CT molecular complexity index is 511. The number of rotatable bonds is 9. The van der Waals surface area contributed by atoms with E-state index < -0.39 is 0 Å². The average Bonchev–Trinajstić information content (AvgIpc) is 2.66. The van der Waals surface area contributed by atoms with Crippen LogP contribution < -0.4 is 0 Å². The Balaban J connectivity index is 1.80. The molecule has 1 saturated heterocycles. The van der Waals surface area contributed by atoms with E-state index in [1.807, 2.05) is 17.0 Å². The van der Waals surface area contributed by atoms with E-state index in [4.69, 9.17) is 0 Å². The molecule has 0 atom stereocenters. The molecule has 0 unspecified atom stereocenters. The molecule has 1 aliphatic rings. The third kappa shape index (κ3) is 6.28. The topological polar surface area (TPSA) is 39.7 Å². The summed E-state index contributed by atoms with van der Waals surface area (Å²) in [5, 5.41) is 0.997. The van der Waals surface area contributed by atoms with Gasteiger partial charge in [0.05, 0.1) is 10.6 Å². The summed E-state index contributed by atoms with van der Waals surface area (Å²) in [7, 11) is 0. The summed E-state index contributed by atoms with van der Waals surface area (Å²) in [4.78, 5) is 23.9. The fourth-order valence-electron chi connectivity index (χ4n) is 3.08. The first kappa shape index (κ1) is 20.2. The Hall–Kier alpha value is -1.11. The zero-order valence-corrected chi connectivity index (χ0v) is 16.7. The molecule has 1 fully saturated rings. The molecule has 1 amide bonds. The third-order valence-electron chi connectivity index (χ3n) is 4.73. The van der Waals surface area contributed by atoms with E-state index in [0.717, 1.165) is 63.1 Å². The lowest BCUT2D eigenvalue weighted by Crippen LogP contribution is -2.48. The Morgan fingerprint density at radius 2 is 1.88 bits per heavy atom. The molecule has 0 spiro atoms. The maximum atomic E-state index is 12.6. The molecule has 0 saturated carbocycles. The van der Waals surface area contributed by atoms with Gasteiger partial charge in [-0.1, -0.05) is 20.8 Å². The summed E-state index contributed by atoms with van der Waals surface area (Å²) in [6, 6.07) is 3.90. The van der Waals surface area contributed by atoms with Gasteiger partial charge in [-0.25, -0.2) is 4.98 Å². The van der Waals surface area contributed by atoms with Gasteiger partial charge in [-0.3, -0.25) is 9.69 Å². The molecule has 2 heterocycles. The van der Waals surface area contributed by atoms with Crippen molar-refractivity contribution in [2.75, 3.05) is 58.1 Å². The van der Waals surface area contributed by atoms with E-state index in [0.29, 0.717) is 5.56 Å². The van der Waals surface area contributed by atoms with Gasteiger partial charge < -0.3 is 9.80 Å². The highest BCUT2D eigenvalue weighted by atomic mass is 32.2. The molecule has 5 nitrogen and oxygen atoms in total. The van der Waals surface area contributed by atoms with Gasteiger partial charge in [-0.05, 0) is 38.2 Å². The van der Waals surface area contributed by atoms with Gasteiger partial charge >= 0.3 is 0 Å². The lowest BCUT2D eigenvalue weighted by atomic mass is 10.2. The van der Waals surface area contributed by atoms with Crippen molar-refractivity contribution < 1.29 is 4.79 Å². The second-order valence-corrected chi connectivity index (χ2v) is 7.51. The lowest BCUT2D eigenvalue weighted by Gasteiger charge is -2.34. The maximum absolute atomic E-state index is 12.6. The standard InChI is InChI=1S/C19H32N4OS/c1-4-9-22-10-12-23(13-11-22)19(24)17-7-8-18(20-16-17)25-15-14-21(5-2)6-3/h7-8,16H,4-6,9-15H2,1-3H3. The van der Waals surface area contributed by atoms with Crippen LogP contribution in [-0.4, -0.2) is 83.7 Å². The van der Waals surface area contributed by atoms with E-state index in [1.54, 1.807) is 18.0 Å². The molecule has 1 aromatic rings. The predicted molar refractivity (Wildman–Crippen MR) is 105 cm³/mol. The first-order valence-corrected chi connectivity index (χ1v) is 10.5. The predicted octanol–water partition coefficient (Wildman–Crippen LogP) is 2.68. The van der Waals surface area contributed by atoms with Crippen LogP contribution in [0.3, 0.4) is 0 Å². The Labute approximate surface area is 156 Å². The molecule has 0 radical (unpaired) electrons. The molecular formula is C19H32N4OS. The van der Waals surface area contributed by atoms with Gasteiger partial charge in [0.25, 0.3) is 5.91 Å². The number of amides is 1. The second kappa shape index (κ2) is 10.8. The van der Waals surface area contributed by atoms with Crippen LogP contribution in [0.25, 0.3) is 0 Å². The van der Waals surface area contributed by atoms with E-state index in [1.165, 1.54) is 6.42 Å². The zero-order valence-electron chi connectivity index (χ0n) is 15.9. The number of thioether (sulfide) groups is 1. The molecule has 140 valence electrons. The lowest BCUT2D eigenvalue weighted by molar-refractivity contribution is 0.0637. The number of pyridine rings is 1. The van der Waals surface area contributed by atoms with Crippen molar-refractivity contribution in [3.63, 3.8) is 0 Å². The first-order valence-electron chi connectivity index (χ1n) is 9.50. The third-order valence-corrected chi connectivity index (χ3v) is 5.66. The highest BCUT2D eigenvalue weighted by molar-refractivity contribution is 7.99. The van der Waals surface area contributed by atoms with Gasteiger partial charge in [-0.15, -0.1) is 11.8 Å². The molecule has 0 aliphatic carbocycles. The Kier molecular flexibility index (Phi) is 8.72. The number of carbonyl (C=O) groups excluding carboxylic acids is 1. The molecule has 25 heavy (non-hydrogen) atoms. The SMILES string of the molecule is CCCN1CCN(C(=O)c2ccc(SCCN(CC)CC)nc2)CC1.